The van der Waals surface area contributed by atoms with Crippen molar-refractivity contribution in [1.29, 1.82) is 0 Å². The van der Waals surface area contributed by atoms with Crippen molar-refractivity contribution in [2.45, 2.75) is 32.4 Å². The Morgan fingerprint density at radius 3 is 2.45 bits per heavy atom. The van der Waals surface area contributed by atoms with E-state index in [0.717, 1.165) is 37.9 Å². The van der Waals surface area contributed by atoms with E-state index in [2.05, 4.69) is 43.1 Å². The lowest BCUT2D eigenvalue weighted by molar-refractivity contribution is -0.0102. The van der Waals surface area contributed by atoms with Crippen LogP contribution in [0.2, 0.25) is 5.02 Å². The first-order valence-corrected chi connectivity index (χ1v) is 7.68. The van der Waals surface area contributed by atoms with E-state index in [-0.39, 0.29) is 5.54 Å². The lowest BCUT2D eigenvalue weighted by atomic mass is 10.0. The third kappa shape index (κ3) is 4.19. The molecule has 0 aromatic heterocycles. The van der Waals surface area contributed by atoms with Gasteiger partial charge in [0.15, 0.2) is 0 Å². The number of hydrogen-bond donors (Lipinski definition) is 1. The average Bonchev–Trinajstić information content (AvgIpc) is 2.46. The molecule has 0 aliphatic carbocycles. The van der Waals surface area contributed by atoms with Crippen molar-refractivity contribution in [2.24, 2.45) is 0 Å². The molecule has 20 heavy (non-hydrogen) atoms. The Kier molecular flexibility index (Phi) is 5.44. The Balaban J connectivity index is 1.88. The molecule has 1 aliphatic heterocycles. The van der Waals surface area contributed by atoms with Crippen molar-refractivity contribution in [3.05, 3.63) is 34.9 Å². The van der Waals surface area contributed by atoms with E-state index in [1.807, 2.05) is 12.1 Å². The lowest BCUT2D eigenvalue weighted by Crippen LogP contribution is -2.54. The normalized spacial score (nSPS) is 19.0. The Hall–Kier alpha value is -0.610. The summed E-state index contributed by atoms with van der Waals surface area (Å²) in [6.07, 6.45) is 0. The van der Waals surface area contributed by atoms with Crippen LogP contribution in [0.25, 0.3) is 0 Å². The zero-order valence-electron chi connectivity index (χ0n) is 12.7. The summed E-state index contributed by atoms with van der Waals surface area (Å²) in [6, 6.07) is 8.39. The highest BCUT2D eigenvalue weighted by Gasteiger charge is 2.28. The predicted molar refractivity (Wildman–Crippen MR) is 84.3 cm³/mol. The quantitative estimate of drug-likeness (QED) is 0.903. The number of benzene rings is 1. The third-order valence-electron chi connectivity index (χ3n) is 4.08. The Bertz CT molecular complexity index is 413. The lowest BCUT2D eigenvalue weighted by Gasteiger charge is -2.41. The van der Waals surface area contributed by atoms with Gasteiger partial charge in [-0.2, -0.15) is 0 Å². The van der Waals surface area contributed by atoms with E-state index < -0.39 is 0 Å². The highest BCUT2D eigenvalue weighted by molar-refractivity contribution is 6.30. The first kappa shape index (κ1) is 15.8. The van der Waals surface area contributed by atoms with Gasteiger partial charge in [0.2, 0.25) is 0 Å². The zero-order valence-corrected chi connectivity index (χ0v) is 13.4. The molecule has 1 N–H and O–H groups in total. The first-order chi connectivity index (χ1) is 9.49. The van der Waals surface area contributed by atoms with Crippen LogP contribution in [0.15, 0.2) is 24.3 Å². The van der Waals surface area contributed by atoms with E-state index in [1.165, 1.54) is 5.56 Å². The van der Waals surface area contributed by atoms with Crippen LogP contribution in [0.1, 0.15) is 32.4 Å². The summed E-state index contributed by atoms with van der Waals surface area (Å²) >= 11 is 5.93. The van der Waals surface area contributed by atoms with E-state index in [1.54, 1.807) is 0 Å². The fraction of sp³-hybridized carbons (Fsp3) is 0.625. The number of nitrogens with zero attached hydrogens (tertiary/aromatic N) is 1. The van der Waals surface area contributed by atoms with Gasteiger partial charge in [-0.25, -0.2) is 0 Å². The van der Waals surface area contributed by atoms with Gasteiger partial charge in [-0.3, -0.25) is 4.90 Å². The Morgan fingerprint density at radius 2 is 1.85 bits per heavy atom. The van der Waals surface area contributed by atoms with Gasteiger partial charge in [0.1, 0.15) is 0 Å². The highest BCUT2D eigenvalue weighted by Crippen LogP contribution is 2.19. The molecule has 1 aromatic rings. The summed E-state index contributed by atoms with van der Waals surface area (Å²) in [4.78, 5) is 2.50. The fourth-order valence-electron chi connectivity index (χ4n) is 2.55. The second-order valence-corrected chi connectivity index (χ2v) is 6.50. The molecule has 0 amide bonds. The van der Waals surface area contributed by atoms with Crippen LogP contribution in [-0.4, -0.2) is 43.3 Å². The van der Waals surface area contributed by atoms with Crippen molar-refractivity contribution >= 4 is 11.6 Å². The number of hydrogen-bond acceptors (Lipinski definition) is 3. The molecule has 3 nitrogen and oxygen atoms in total. The topological polar surface area (TPSA) is 24.5 Å². The van der Waals surface area contributed by atoms with Crippen LogP contribution in [0.3, 0.4) is 0 Å². The first-order valence-electron chi connectivity index (χ1n) is 7.31. The van der Waals surface area contributed by atoms with E-state index in [4.69, 9.17) is 16.3 Å². The van der Waals surface area contributed by atoms with Gasteiger partial charge in [-0.15, -0.1) is 0 Å². The SMILES string of the molecule is CC(NCC(C)(C)N1CCOCC1)c1ccc(Cl)cc1. The minimum Gasteiger partial charge on any atom is -0.379 e. The molecule has 1 fully saturated rings. The number of nitrogens with one attached hydrogen (secondary N) is 1. The average molecular weight is 297 g/mol. The number of morpholine rings is 1. The maximum atomic E-state index is 5.93. The molecule has 2 rings (SSSR count). The molecule has 1 atom stereocenters. The van der Waals surface area contributed by atoms with E-state index in [9.17, 15) is 0 Å². The molecule has 0 bridgehead atoms. The molecule has 1 heterocycles. The monoisotopic (exact) mass is 296 g/mol. The predicted octanol–water partition coefficient (Wildman–Crippen LogP) is 3.10. The molecule has 1 saturated heterocycles. The number of halogens is 1. The van der Waals surface area contributed by atoms with Crippen molar-refractivity contribution in [3.8, 4) is 0 Å². The molecular weight excluding hydrogens is 272 g/mol. The van der Waals surface area contributed by atoms with Crippen LogP contribution in [0.5, 0.6) is 0 Å². The molecule has 0 spiro atoms. The standard InChI is InChI=1S/C16H25ClN2O/c1-13(14-4-6-15(17)7-5-14)18-12-16(2,3)19-8-10-20-11-9-19/h4-7,13,18H,8-12H2,1-3H3. The largest absolute Gasteiger partial charge is 0.379 e. The Morgan fingerprint density at radius 1 is 1.25 bits per heavy atom. The van der Waals surface area contributed by atoms with E-state index in [0.29, 0.717) is 6.04 Å². The number of ether oxygens (including phenoxy) is 1. The Labute approximate surface area is 127 Å². The van der Waals surface area contributed by atoms with Crippen LogP contribution >= 0.6 is 11.6 Å². The molecule has 0 radical (unpaired) electrons. The smallest absolute Gasteiger partial charge is 0.0594 e. The highest BCUT2D eigenvalue weighted by atomic mass is 35.5. The van der Waals surface area contributed by atoms with E-state index >= 15 is 0 Å². The van der Waals surface area contributed by atoms with Gasteiger partial charge in [0, 0.05) is 36.2 Å². The van der Waals surface area contributed by atoms with Crippen molar-refractivity contribution < 1.29 is 4.74 Å². The van der Waals surface area contributed by atoms with Crippen LogP contribution in [0, 0.1) is 0 Å². The molecule has 1 unspecified atom stereocenters. The third-order valence-corrected chi connectivity index (χ3v) is 4.33. The van der Waals surface area contributed by atoms with Gasteiger partial charge in [-0.05, 0) is 38.5 Å². The second kappa shape index (κ2) is 6.90. The van der Waals surface area contributed by atoms with Crippen molar-refractivity contribution in [3.63, 3.8) is 0 Å². The maximum Gasteiger partial charge on any atom is 0.0594 e. The molecule has 0 saturated carbocycles. The molecule has 4 heteroatoms. The van der Waals surface area contributed by atoms with Gasteiger partial charge in [-0.1, -0.05) is 23.7 Å². The fourth-order valence-corrected chi connectivity index (χ4v) is 2.68. The van der Waals surface area contributed by atoms with Gasteiger partial charge in [0.25, 0.3) is 0 Å². The van der Waals surface area contributed by atoms with Crippen LogP contribution in [-0.2, 0) is 4.74 Å². The van der Waals surface area contributed by atoms with Gasteiger partial charge in [0.05, 0.1) is 13.2 Å². The second-order valence-electron chi connectivity index (χ2n) is 6.07. The molecule has 112 valence electrons. The number of rotatable bonds is 5. The zero-order chi connectivity index (χ0) is 14.6. The van der Waals surface area contributed by atoms with Crippen LogP contribution < -0.4 is 5.32 Å². The van der Waals surface area contributed by atoms with Gasteiger partial charge < -0.3 is 10.1 Å². The summed E-state index contributed by atoms with van der Waals surface area (Å²) in [5.74, 6) is 0. The van der Waals surface area contributed by atoms with Crippen molar-refractivity contribution in [1.82, 2.24) is 10.2 Å². The summed E-state index contributed by atoms with van der Waals surface area (Å²) in [7, 11) is 0. The summed E-state index contributed by atoms with van der Waals surface area (Å²) in [6.45, 7) is 11.5. The minimum atomic E-state index is 0.143. The summed E-state index contributed by atoms with van der Waals surface area (Å²) in [5.41, 5.74) is 1.41. The molecular formula is C16H25ClN2O. The molecule has 1 aromatic carbocycles. The summed E-state index contributed by atoms with van der Waals surface area (Å²) < 4.78 is 5.43. The van der Waals surface area contributed by atoms with Gasteiger partial charge >= 0.3 is 0 Å². The van der Waals surface area contributed by atoms with Crippen molar-refractivity contribution in [2.75, 3.05) is 32.8 Å². The maximum absolute atomic E-state index is 5.93. The minimum absolute atomic E-state index is 0.143. The molecule has 1 aliphatic rings. The van der Waals surface area contributed by atoms with Crippen LogP contribution in [0.4, 0.5) is 0 Å². The summed E-state index contributed by atoms with van der Waals surface area (Å²) in [5, 5.41) is 4.42.